The first-order chi connectivity index (χ1) is 12.4. The van der Waals surface area contributed by atoms with Crippen LogP contribution in [-0.2, 0) is 20.0 Å². The summed E-state index contributed by atoms with van der Waals surface area (Å²) < 4.78 is 55.0. The summed E-state index contributed by atoms with van der Waals surface area (Å²) in [6, 6.07) is 2.96. The highest BCUT2D eigenvalue weighted by atomic mass is 32.2. The highest BCUT2D eigenvalue weighted by Gasteiger charge is 2.39. The number of hydrogen-bond donors (Lipinski definition) is 0. The van der Waals surface area contributed by atoms with Gasteiger partial charge in [-0.05, 0) is 46.8 Å². The third-order valence-electron chi connectivity index (χ3n) is 4.72. The zero-order valence-corrected chi connectivity index (χ0v) is 19.3. The van der Waals surface area contributed by atoms with Crippen LogP contribution in [0.25, 0.3) is 0 Å². The minimum absolute atomic E-state index is 0.151. The summed E-state index contributed by atoms with van der Waals surface area (Å²) in [6.45, 7) is 9.60. The van der Waals surface area contributed by atoms with Crippen molar-refractivity contribution < 1.29 is 16.8 Å². The van der Waals surface area contributed by atoms with E-state index in [9.17, 15) is 16.8 Å². The van der Waals surface area contributed by atoms with Crippen molar-refractivity contribution >= 4 is 42.7 Å². The maximum atomic E-state index is 13.1. The molecule has 0 amide bonds. The Balaban J connectivity index is 1.86. The summed E-state index contributed by atoms with van der Waals surface area (Å²) in [4.78, 5) is 4.08. The number of hydrogen-bond acceptors (Lipinski definition) is 6. The molecule has 0 unspecified atom stereocenters. The molecule has 1 atom stereocenters. The molecule has 0 bridgehead atoms. The standard InChI is InChI=1S/C17H24N2O4S4/c1-11-10-18(26(20,21)16-8-12(2)24-14(16)4)6-7-19(11)27(22,23)17-9-13(3)25-15(17)5/h8-9,11H,6-7,10H2,1-5H3/t11-/m1/s1. The molecule has 0 saturated carbocycles. The summed E-state index contributed by atoms with van der Waals surface area (Å²) in [7, 11) is -7.25. The number of sulfonamides is 2. The van der Waals surface area contributed by atoms with E-state index in [4.69, 9.17) is 0 Å². The predicted molar refractivity (Wildman–Crippen MR) is 110 cm³/mol. The molecule has 0 aromatic carbocycles. The third kappa shape index (κ3) is 3.75. The van der Waals surface area contributed by atoms with Crippen molar-refractivity contribution in [2.75, 3.05) is 19.6 Å². The SMILES string of the molecule is Cc1cc(S(=O)(=O)N2CCN(S(=O)(=O)c3cc(C)sc3C)[C@H](C)C2)c(C)s1. The molecule has 1 aliphatic rings. The van der Waals surface area contributed by atoms with Crippen LogP contribution in [-0.4, -0.2) is 51.1 Å². The van der Waals surface area contributed by atoms with Gasteiger partial charge >= 0.3 is 0 Å². The van der Waals surface area contributed by atoms with Gasteiger partial charge in [0.05, 0.1) is 9.79 Å². The van der Waals surface area contributed by atoms with Crippen LogP contribution >= 0.6 is 22.7 Å². The van der Waals surface area contributed by atoms with Gasteiger partial charge in [-0.3, -0.25) is 0 Å². The van der Waals surface area contributed by atoms with Gasteiger partial charge in [-0.15, -0.1) is 22.7 Å². The second kappa shape index (κ2) is 7.23. The zero-order valence-electron chi connectivity index (χ0n) is 16.0. The van der Waals surface area contributed by atoms with Gasteiger partial charge in [-0.25, -0.2) is 16.8 Å². The Kier molecular flexibility index (Phi) is 5.61. The molecule has 6 nitrogen and oxygen atoms in total. The number of aryl methyl sites for hydroxylation is 4. The summed E-state index contributed by atoms with van der Waals surface area (Å²) in [5.74, 6) is 0. The lowest BCUT2D eigenvalue weighted by molar-refractivity contribution is 0.212. The molecule has 10 heteroatoms. The zero-order chi connectivity index (χ0) is 20.1. The molecule has 1 saturated heterocycles. The lowest BCUT2D eigenvalue weighted by Gasteiger charge is -2.38. The summed E-state index contributed by atoms with van der Waals surface area (Å²) in [5, 5.41) is 0. The van der Waals surface area contributed by atoms with Crippen molar-refractivity contribution in [3.05, 3.63) is 31.6 Å². The van der Waals surface area contributed by atoms with E-state index in [1.165, 1.54) is 31.3 Å². The van der Waals surface area contributed by atoms with Crippen LogP contribution in [0, 0.1) is 27.7 Å². The summed E-state index contributed by atoms with van der Waals surface area (Å²) >= 11 is 2.91. The molecule has 27 heavy (non-hydrogen) atoms. The molecular formula is C17H24N2O4S4. The van der Waals surface area contributed by atoms with Crippen molar-refractivity contribution in [2.24, 2.45) is 0 Å². The molecule has 3 rings (SSSR count). The Bertz CT molecular complexity index is 1070. The molecule has 0 N–H and O–H groups in total. The van der Waals surface area contributed by atoms with Crippen molar-refractivity contribution in [1.29, 1.82) is 0 Å². The lowest BCUT2D eigenvalue weighted by Crippen LogP contribution is -2.55. The summed E-state index contributed by atoms with van der Waals surface area (Å²) in [5.41, 5.74) is 0. The van der Waals surface area contributed by atoms with E-state index < -0.39 is 26.1 Å². The van der Waals surface area contributed by atoms with Crippen molar-refractivity contribution in [2.45, 2.75) is 50.5 Å². The van der Waals surface area contributed by atoms with Crippen LogP contribution in [0.2, 0.25) is 0 Å². The maximum absolute atomic E-state index is 13.1. The molecule has 0 radical (unpaired) electrons. The van der Waals surface area contributed by atoms with Crippen LogP contribution in [0.3, 0.4) is 0 Å². The van der Waals surface area contributed by atoms with E-state index >= 15 is 0 Å². The fourth-order valence-electron chi connectivity index (χ4n) is 3.48. The molecule has 1 aliphatic heterocycles. The Morgan fingerprint density at radius 2 is 1.33 bits per heavy atom. The number of thiophene rings is 2. The average molecular weight is 449 g/mol. The normalized spacial score (nSPS) is 20.3. The molecule has 3 heterocycles. The van der Waals surface area contributed by atoms with E-state index in [0.29, 0.717) is 9.79 Å². The Morgan fingerprint density at radius 3 is 1.74 bits per heavy atom. The topological polar surface area (TPSA) is 74.8 Å². The Labute approximate surface area is 169 Å². The number of nitrogens with zero attached hydrogens (tertiary/aromatic N) is 2. The van der Waals surface area contributed by atoms with Crippen LogP contribution in [0.15, 0.2) is 21.9 Å². The number of piperazine rings is 1. The van der Waals surface area contributed by atoms with Crippen molar-refractivity contribution in [3.8, 4) is 0 Å². The van der Waals surface area contributed by atoms with Crippen LogP contribution in [0.5, 0.6) is 0 Å². The van der Waals surface area contributed by atoms with E-state index in [1.54, 1.807) is 32.9 Å². The average Bonchev–Trinajstić information content (AvgIpc) is 3.08. The predicted octanol–water partition coefficient (Wildman–Crippen LogP) is 3.13. The highest BCUT2D eigenvalue weighted by Crippen LogP contribution is 2.32. The quantitative estimate of drug-likeness (QED) is 0.720. The highest BCUT2D eigenvalue weighted by molar-refractivity contribution is 7.89. The molecule has 150 valence electrons. The third-order valence-corrected chi connectivity index (χ3v) is 11.0. The fraction of sp³-hybridized carbons (Fsp3) is 0.529. The largest absolute Gasteiger partial charge is 0.244 e. The molecule has 2 aromatic heterocycles. The van der Waals surface area contributed by atoms with Gasteiger partial charge in [-0.2, -0.15) is 8.61 Å². The van der Waals surface area contributed by atoms with Crippen LogP contribution < -0.4 is 0 Å². The monoisotopic (exact) mass is 448 g/mol. The first kappa shape index (κ1) is 20.9. The maximum Gasteiger partial charge on any atom is 0.244 e. The van der Waals surface area contributed by atoms with Crippen LogP contribution in [0.1, 0.15) is 26.4 Å². The van der Waals surface area contributed by atoms with Gasteiger partial charge in [0.1, 0.15) is 0 Å². The molecule has 0 aliphatic carbocycles. The minimum Gasteiger partial charge on any atom is -0.207 e. The smallest absolute Gasteiger partial charge is 0.207 e. The Morgan fingerprint density at radius 1 is 0.852 bits per heavy atom. The molecular weight excluding hydrogens is 424 g/mol. The number of rotatable bonds is 4. The minimum atomic E-state index is -3.63. The van der Waals surface area contributed by atoms with Crippen LogP contribution in [0.4, 0.5) is 0 Å². The lowest BCUT2D eigenvalue weighted by atomic mass is 10.3. The van der Waals surface area contributed by atoms with Gasteiger partial charge in [-0.1, -0.05) is 0 Å². The van der Waals surface area contributed by atoms with E-state index in [2.05, 4.69) is 0 Å². The molecule has 2 aromatic rings. The van der Waals surface area contributed by atoms with Gasteiger partial charge in [0.2, 0.25) is 20.0 Å². The van der Waals surface area contributed by atoms with Gasteiger partial charge in [0.15, 0.2) is 0 Å². The molecule has 0 spiro atoms. The van der Waals surface area contributed by atoms with Crippen molar-refractivity contribution in [3.63, 3.8) is 0 Å². The molecule has 1 fully saturated rings. The van der Waals surface area contributed by atoms with Gasteiger partial charge < -0.3 is 0 Å². The fourth-order valence-corrected chi connectivity index (χ4v) is 9.65. The second-order valence-corrected chi connectivity index (χ2v) is 13.6. The Hall–Kier alpha value is -0.780. The van der Waals surface area contributed by atoms with E-state index in [0.717, 1.165) is 19.5 Å². The second-order valence-electron chi connectivity index (χ2n) is 6.88. The first-order valence-corrected chi connectivity index (χ1v) is 13.1. The van der Waals surface area contributed by atoms with E-state index in [1.807, 2.05) is 13.8 Å². The van der Waals surface area contributed by atoms with Gasteiger partial charge in [0, 0.05) is 45.2 Å². The van der Waals surface area contributed by atoms with Crippen molar-refractivity contribution in [1.82, 2.24) is 8.61 Å². The summed E-state index contributed by atoms with van der Waals surface area (Å²) in [6.07, 6.45) is 0. The van der Waals surface area contributed by atoms with Gasteiger partial charge in [0.25, 0.3) is 0 Å². The van der Waals surface area contributed by atoms with E-state index in [-0.39, 0.29) is 19.6 Å². The first-order valence-electron chi connectivity index (χ1n) is 8.60.